The fraction of sp³-hybridized carbons (Fsp3) is 0.625. The van der Waals surface area contributed by atoms with Gasteiger partial charge in [0.15, 0.2) is 0 Å². The maximum absolute atomic E-state index is 12.5. The molecule has 0 spiro atoms. The van der Waals surface area contributed by atoms with Gasteiger partial charge < -0.3 is 15.2 Å². The lowest BCUT2D eigenvalue weighted by molar-refractivity contribution is -0.122. The van der Waals surface area contributed by atoms with Crippen molar-refractivity contribution in [2.75, 3.05) is 26.2 Å². The van der Waals surface area contributed by atoms with Gasteiger partial charge in [0, 0.05) is 45.3 Å². The van der Waals surface area contributed by atoms with E-state index in [0.717, 1.165) is 12.8 Å². The maximum Gasteiger partial charge on any atom is 0.268 e. The van der Waals surface area contributed by atoms with Crippen molar-refractivity contribution in [3.8, 4) is 0 Å². The van der Waals surface area contributed by atoms with E-state index in [2.05, 4.69) is 10.6 Å². The quantitative estimate of drug-likeness (QED) is 0.611. The zero-order valence-electron chi connectivity index (χ0n) is 14.9. The lowest BCUT2D eigenvalue weighted by atomic mass is 10.4. The molecule has 1 aromatic rings. The third-order valence-electron chi connectivity index (χ3n) is 4.21. The minimum atomic E-state index is -3.60. The van der Waals surface area contributed by atoms with E-state index < -0.39 is 10.0 Å². The predicted octanol–water partition coefficient (Wildman–Crippen LogP) is 0.312. The van der Waals surface area contributed by atoms with Gasteiger partial charge in [0.1, 0.15) is 10.6 Å². The second kappa shape index (κ2) is 8.01. The van der Waals surface area contributed by atoms with Crippen LogP contribution >= 0.6 is 0 Å². The lowest BCUT2D eigenvalue weighted by Gasteiger charge is -2.17. The van der Waals surface area contributed by atoms with Crippen molar-refractivity contribution in [2.24, 2.45) is 13.0 Å². The highest BCUT2D eigenvalue weighted by Gasteiger charge is 2.29. The van der Waals surface area contributed by atoms with Gasteiger partial charge in [-0.1, -0.05) is 13.8 Å². The third-order valence-corrected chi connectivity index (χ3v) is 6.23. The molecule has 1 heterocycles. The number of sulfonamides is 1. The van der Waals surface area contributed by atoms with Gasteiger partial charge in [0.2, 0.25) is 15.9 Å². The molecule has 0 radical (unpaired) electrons. The number of aromatic nitrogens is 1. The Balaban J connectivity index is 1.96. The standard InChI is InChI=1S/C16H26N4O4S/c1-4-20(5-2)25(23,24)13-10-14(19(3)11-13)16(22)18-9-8-17-15(21)12-6-7-12/h10-12H,4-9H2,1-3H3,(H,17,21)(H,18,22). The first-order valence-corrected chi connectivity index (χ1v) is 9.97. The van der Waals surface area contributed by atoms with E-state index in [4.69, 9.17) is 0 Å². The minimum absolute atomic E-state index is 0.0284. The van der Waals surface area contributed by atoms with Gasteiger partial charge in [-0.3, -0.25) is 9.59 Å². The van der Waals surface area contributed by atoms with Crippen LogP contribution in [-0.2, 0) is 21.9 Å². The van der Waals surface area contributed by atoms with Gasteiger partial charge in [0.05, 0.1) is 0 Å². The van der Waals surface area contributed by atoms with Crippen LogP contribution in [0.2, 0.25) is 0 Å². The summed E-state index contributed by atoms with van der Waals surface area (Å²) in [5, 5.41) is 5.46. The van der Waals surface area contributed by atoms with Gasteiger partial charge in [-0.05, 0) is 18.9 Å². The van der Waals surface area contributed by atoms with Crippen molar-refractivity contribution in [3.63, 3.8) is 0 Å². The summed E-state index contributed by atoms with van der Waals surface area (Å²) in [7, 11) is -1.97. The lowest BCUT2D eigenvalue weighted by Crippen LogP contribution is -2.35. The molecule has 8 nitrogen and oxygen atoms in total. The van der Waals surface area contributed by atoms with Crippen molar-refractivity contribution in [2.45, 2.75) is 31.6 Å². The predicted molar refractivity (Wildman–Crippen MR) is 93.6 cm³/mol. The summed E-state index contributed by atoms with van der Waals surface area (Å²) in [4.78, 5) is 23.9. The largest absolute Gasteiger partial charge is 0.354 e. The van der Waals surface area contributed by atoms with Crippen molar-refractivity contribution in [3.05, 3.63) is 18.0 Å². The van der Waals surface area contributed by atoms with E-state index in [0.29, 0.717) is 26.2 Å². The summed E-state index contributed by atoms with van der Waals surface area (Å²) in [6, 6.07) is 1.38. The monoisotopic (exact) mass is 370 g/mol. The number of carbonyl (C=O) groups is 2. The average Bonchev–Trinajstić information content (AvgIpc) is 3.34. The Bertz CT molecular complexity index is 733. The number of carbonyl (C=O) groups excluding carboxylic acids is 2. The molecule has 0 unspecified atom stereocenters. The second-order valence-corrected chi connectivity index (χ2v) is 8.02. The molecule has 1 aliphatic rings. The van der Waals surface area contributed by atoms with Crippen LogP contribution in [0.25, 0.3) is 0 Å². The summed E-state index contributed by atoms with van der Waals surface area (Å²) in [6.45, 7) is 4.93. The van der Waals surface area contributed by atoms with Crippen molar-refractivity contribution in [1.29, 1.82) is 0 Å². The summed E-state index contributed by atoms with van der Waals surface area (Å²) < 4.78 is 27.9. The van der Waals surface area contributed by atoms with Crippen LogP contribution in [0.5, 0.6) is 0 Å². The van der Waals surface area contributed by atoms with Gasteiger partial charge in [-0.15, -0.1) is 0 Å². The van der Waals surface area contributed by atoms with Gasteiger partial charge >= 0.3 is 0 Å². The molecule has 0 aromatic carbocycles. The van der Waals surface area contributed by atoms with Crippen LogP contribution in [0.4, 0.5) is 0 Å². The fourth-order valence-electron chi connectivity index (χ4n) is 2.56. The molecule has 2 amide bonds. The van der Waals surface area contributed by atoms with E-state index in [9.17, 15) is 18.0 Å². The van der Waals surface area contributed by atoms with Crippen LogP contribution in [0.1, 0.15) is 37.2 Å². The average molecular weight is 370 g/mol. The molecule has 1 aliphatic carbocycles. The molecule has 140 valence electrons. The highest BCUT2D eigenvalue weighted by Crippen LogP contribution is 2.28. The molecule has 0 aliphatic heterocycles. The minimum Gasteiger partial charge on any atom is -0.354 e. The van der Waals surface area contributed by atoms with Crippen molar-refractivity contribution in [1.82, 2.24) is 19.5 Å². The molecule has 0 atom stereocenters. The Morgan fingerprint density at radius 1 is 1.20 bits per heavy atom. The van der Waals surface area contributed by atoms with Crippen LogP contribution in [0.15, 0.2) is 17.2 Å². The number of amides is 2. The summed E-state index contributed by atoms with van der Waals surface area (Å²) in [5.41, 5.74) is 0.263. The molecular formula is C16H26N4O4S. The highest BCUT2D eigenvalue weighted by atomic mass is 32.2. The van der Waals surface area contributed by atoms with Crippen LogP contribution < -0.4 is 10.6 Å². The zero-order chi connectivity index (χ0) is 18.6. The number of aryl methyl sites for hydroxylation is 1. The van der Waals surface area contributed by atoms with Crippen molar-refractivity contribution < 1.29 is 18.0 Å². The second-order valence-electron chi connectivity index (χ2n) is 6.08. The van der Waals surface area contributed by atoms with Crippen LogP contribution in [0.3, 0.4) is 0 Å². The molecular weight excluding hydrogens is 344 g/mol. The molecule has 9 heteroatoms. The molecule has 1 saturated carbocycles. The Labute approximate surface area is 148 Å². The number of hydrogen-bond acceptors (Lipinski definition) is 4. The van der Waals surface area contributed by atoms with Gasteiger partial charge in [-0.2, -0.15) is 4.31 Å². The van der Waals surface area contributed by atoms with Crippen LogP contribution in [-0.4, -0.2) is 55.3 Å². The van der Waals surface area contributed by atoms with E-state index in [1.165, 1.54) is 21.1 Å². The Kier molecular flexibility index (Phi) is 6.23. The Morgan fingerprint density at radius 2 is 1.80 bits per heavy atom. The molecule has 2 rings (SSSR count). The topological polar surface area (TPSA) is 101 Å². The van der Waals surface area contributed by atoms with E-state index in [1.807, 2.05) is 0 Å². The third kappa shape index (κ3) is 4.60. The normalized spacial score (nSPS) is 14.6. The van der Waals surface area contributed by atoms with Gasteiger partial charge in [-0.25, -0.2) is 8.42 Å². The van der Waals surface area contributed by atoms with E-state index >= 15 is 0 Å². The summed E-state index contributed by atoms with van der Waals surface area (Å²) in [6.07, 6.45) is 3.31. The molecule has 2 N–H and O–H groups in total. The SMILES string of the molecule is CCN(CC)S(=O)(=O)c1cc(C(=O)NCCNC(=O)C2CC2)n(C)c1. The first kappa shape index (κ1) is 19.5. The van der Waals surface area contributed by atoms with Gasteiger partial charge in [0.25, 0.3) is 5.91 Å². The fourth-order valence-corrected chi connectivity index (χ4v) is 4.09. The number of hydrogen-bond donors (Lipinski definition) is 2. The maximum atomic E-state index is 12.5. The Morgan fingerprint density at radius 3 is 2.36 bits per heavy atom. The Hall–Kier alpha value is -1.87. The first-order chi connectivity index (χ1) is 11.8. The molecule has 0 saturated heterocycles. The smallest absolute Gasteiger partial charge is 0.268 e. The summed E-state index contributed by atoms with van der Waals surface area (Å²) >= 11 is 0. The van der Waals surface area contributed by atoms with Crippen molar-refractivity contribution >= 4 is 21.8 Å². The van der Waals surface area contributed by atoms with E-state index in [1.54, 1.807) is 20.9 Å². The molecule has 1 aromatic heterocycles. The van der Waals surface area contributed by atoms with Crippen LogP contribution in [0, 0.1) is 5.92 Å². The molecule has 0 bridgehead atoms. The number of nitrogens with one attached hydrogen (secondary N) is 2. The van der Waals surface area contributed by atoms with E-state index in [-0.39, 0.29) is 28.3 Å². The number of rotatable bonds is 9. The highest BCUT2D eigenvalue weighted by molar-refractivity contribution is 7.89. The molecule has 25 heavy (non-hydrogen) atoms. The number of nitrogens with zero attached hydrogens (tertiary/aromatic N) is 2. The molecule has 1 fully saturated rings. The summed E-state index contributed by atoms with van der Waals surface area (Å²) in [5.74, 6) is -0.207. The zero-order valence-corrected chi connectivity index (χ0v) is 15.7. The first-order valence-electron chi connectivity index (χ1n) is 8.53.